The maximum atomic E-state index is 6.21. The summed E-state index contributed by atoms with van der Waals surface area (Å²) < 4.78 is 0. The molecule has 1 unspecified atom stereocenters. The highest BCUT2D eigenvalue weighted by molar-refractivity contribution is 6.35. The van der Waals surface area contributed by atoms with Crippen LogP contribution in [-0.4, -0.2) is 6.54 Å². The third-order valence-corrected chi connectivity index (χ3v) is 4.28. The molecule has 2 N–H and O–H groups in total. The Bertz CT molecular complexity index is 584. The molecule has 0 saturated carbocycles. The van der Waals surface area contributed by atoms with Gasteiger partial charge in [-0.3, -0.25) is 0 Å². The molecule has 0 amide bonds. The van der Waals surface area contributed by atoms with Crippen molar-refractivity contribution < 1.29 is 0 Å². The summed E-state index contributed by atoms with van der Waals surface area (Å²) in [4.78, 5) is 0. The minimum absolute atomic E-state index is 0.300. The van der Waals surface area contributed by atoms with Gasteiger partial charge in [0.2, 0.25) is 0 Å². The molecule has 0 spiro atoms. The lowest BCUT2D eigenvalue weighted by Gasteiger charge is -2.16. The highest BCUT2D eigenvalue weighted by Crippen LogP contribution is 2.26. The van der Waals surface area contributed by atoms with Gasteiger partial charge < -0.3 is 5.73 Å². The summed E-state index contributed by atoms with van der Waals surface area (Å²) in [6.07, 6.45) is 1.66. The van der Waals surface area contributed by atoms with Crippen molar-refractivity contribution in [2.75, 3.05) is 6.54 Å². The van der Waals surface area contributed by atoms with Crippen LogP contribution in [0, 0.1) is 5.92 Å². The van der Waals surface area contributed by atoms with Crippen LogP contribution in [0.3, 0.4) is 0 Å². The standard InChI is InChI=1S/C16H16Cl3N/c17-14-6-5-13(16(19)9-14)8-11(10-20)7-12-3-1-2-4-15(12)18/h1-6,9,11H,7-8,10,20H2. The van der Waals surface area contributed by atoms with Gasteiger partial charge in [0.05, 0.1) is 0 Å². The zero-order valence-corrected chi connectivity index (χ0v) is 13.2. The minimum atomic E-state index is 0.300. The van der Waals surface area contributed by atoms with Gasteiger partial charge in [0.1, 0.15) is 0 Å². The topological polar surface area (TPSA) is 26.0 Å². The molecule has 0 radical (unpaired) electrons. The van der Waals surface area contributed by atoms with Gasteiger partial charge >= 0.3 is 0 Å². The van der Waals surface area contributed by atoms with Crippen LogP contribution in [0.25, 0.3) is 0 Å². The van der Waals surface area contributed by atoms with E-state index in [1.807, 2.05) is 36.4 Å². The number of rotatable bonds is 5. The van der Waals surface area contributed by atoms with Crippen molar-refractivity contribution in [3.8, 4) is 0 Å². The predicted molar refractivity (Wildman–Crippen MR) is 87.9 cm³/mol. The zero-order chi connectivity index (χ0) is 14.5. The average molecular weight is 329 g/mol. The van der Waals surface area contributed by atoms with E-state index in [4.69, 9.17) is 40.5 Å². The largest absolute Gasteiger partial charge is 0.330 e. The van der Waals surface area contributed by atoms with Gasteiger partial charge in [0.25, 0.3) is 0 Å². The Morgan fingerprint density at radius 1 is 0.850 bits per heavy atom. The Kier molecular flexibility index (Phi) is 5.74. The number of benzene rings is 2. The molecule has 1 atom stereocenters. The summed E-state index contributed by atoms with van der Waals surface area (Å²) in [5.74, 6) is 0.300. The van der Waals surface area contributed by atoms with Crippen LogP contribution in [-0.2, 0) is 12.8 Å². The van der Waals surface area contributed by atoms with Crippen molar-refractivity contribution in [3.05, 3.63) is 68.7 Å². The van der Waals surface area contributed by atoms with Gasteiger partial charge in [0.15, 0.2) is 0 Å². The van der Waals surface area contributed by atoms with Gasteiger partial charge in [-0.15, -0.1) is 0 Å². The van der Waals surface area contributed by atoms with Gasteiger partial charge in [-0.25, -0.2) is 0 Å². The number of halogens is 3. The molecule has 106 valence electrons. The third-order valence-electron chi connectivity index (χ3n) is 3.32. The molecule has 2 rings (SSSR count). The van der Waals surface area contributed by atoms with Crippen LogP contribution in [0.5, 0.6) is 0 Å². The van der Waals surface area contributed by atoms with E-state index in [1.54, 1.807) is 6.07 Å². The maximum Gasteiger partial charge on any atom is 0.0452 e. The molecular formula is C16H16Cl3N. The van der Waals surface area contributed by atoms with E-state index in [2.05, 4.69) is 0 Å². The molecule has 2 aromatic rings. The van der Waals surface area contributed by atoms with Crippen molar-refractivity contribution in [2.45, 2.75) is 12.8 Å². The Hall–Kier alpha value is -0.730. The summed E-state index contributed by atoms with van der Waals surface area (Å²) >= 11 is 18.3. The van der Waals surface area contributed by atoms with Crippen LogP contribution in [0.15, 0.2) is 42.5 Å². The molecule has 20 heavy (non-hydrogen) atoms. The molecule has 0 aliphatic rings. The summed E-state index contributed by atoms with van der Waals surface area (Å²) in [5.41, 5.74) is 8.07. The zero-order valence-electron chi connectivity index (χ0n) is 11.0. The lowest BCUT2D eigenvalue weighted by Crippen LogP contribution is -2.19. The summed E-state index contributed by atoms with van der Waals surface area (Å²) in [6, 6.07) is 13.4. The molecule has 0 aliphatic heterocycles. The Morgan fingerprint density at radius 3 is 2.10 bits per heavy atom. The maximum absolute atomic E-state index is 6.21. The summed E-state index contributed by atoms with van der Waals surface area (Å²) in [6.45, 7) is 0.587. The first kappa shape index (κ1) is 15.7. The van der Waals surface area contributed by atoms with Crippen molar-refractivity contribution in [3.63, 3.8) is 0 Å². The molecule has 4 heteroatoms. The average Bonchev–Trinajstić information content (AvgIpc) is 2.43. The number of hydrogen-bond acceptors (Lipinski definition) is 1. The van der Waals surface area contributed by atoms with Gasteiger partial charge in [-0.2, -0.15) is 0 Å². The van der Waals surface area contributed by atoms with Crippen LogP contribution in [0.2, 0.25) is 15.1 Å². The SMILES string of the molecule is NCC(Cc1ccccc1Cl)Cc1ccc(Cl)cc1Cl. The smallest absolute Gasteiger partial charge is 0.0452 e. The lowest BCUT2D eigenvalue weighted by molar-refractivity contribution is 0.533. The van der Waals surface area contributed by atoms with E-state index in [0.717, 1.165) is 29.0 Å². The Morgan fingerprint density at radius 2 is 1.50 bits per heavy atom. The van der Waals surface area contributed by atoms with Gasteiger partial charge in [0, 0.05) is 15.1 Å². The highest BCUT2D eigenvalue weighted by atomic mass is 35.5. The molecular weight excluding hydrogens is 313 g/mol. The third kappa shape index (κ3) is 4.13. The normalized spacial score (nSPS) is 12.4. The van der Waals surface area contributed by atoms with Crippen molar-refractivity contribution in [1.82, 2.24) is 0 Å². The molecule has 2 aromatic carbocycles. The van der Waals surface area contributed by atoms with E-state index in [1.165, 1.54) is 0 Å². The molecule has 0 aliphatic carbocycles. The highest BCUT2D eigenvalue weighted by Gasteiger charge is 2.13. The van der Waals surface area contributed by atoms with Crippen LogP contribution in [0.1, 0.15) is 11.1 Å². The van der Waals surface area contributed by atoms with E-state index in [9.17, 15) is 0 Å². The first-order chi connectivity index (χ1) is 9.60. The lowest BCUT2D eigenvalue weighted by atomic mass is 9.92. The van der Waals surface area contributed by atoms with Crippen molar-refractivity contribution in [2.24, 2.45) is 11.7 Å². The first-order valence-corrected chi connectivity index (χ1v) is 7.61. The summed E-state index contributed by atoms with van der Waals surface area (Å²) in [5, 5.41) is 2.12. The fourth-order valence-electron chi connectivity index (χ4n) is 2.21. The number of nitrogens with two attached hydrogens (primary N) is 1. The van der Waals surface area contributed by atoms with Crippen LogP contribution in [0.4, 0.5) is 0 Å². The molecule has 0 saturated heterocycles. The van der Waals surface area contributed by atoms with Crippen LogP contribution >= 0.6 is 34.8 Å². The second-order valence-corrected chi connectivity index (χ2v) is 6.09. The fourth-order valence-corrected chi connectivity index (χ4v) is 2.91. The monoisotopic (exact) mass is 327 g/mol. The molecule has 0 aromatic heterocycles. The van der Waals surface area contributed by atoms with E-state index >= 15 is 0 Å². The Balaban J connectivity index is 2.11. The first-order valence-electron chi connectivity index (χ1n) is 6.47. The van der Waals surface area contributed by atoms with E-state index < -0.39 is 0 Å². The van der Waals surface area contributed by atoms with E-state index in [-0.39, 0.29) is 0 Å². The molecule has 1 nitrogen and oxygen atoms in total. The van der Waals surface area contributed by atoms with Gasteiger partial charge in [-0.1, -0.05) is 59.1 Å². The molecule has 0 fully saturated rings. The second kappa shape index (κ2) is 7.33. The van der Waals surface area contributed by atoms with Gasteiger partial charge in [-0.05, 0) is 54.6 Å². The van der Waals surface area contributed by atoms with Crippen molar-refractivity contribution in [1.29, 1.82) is 0 Å². The second-order valence-electron chi connectivity index (χ2n) is 4.84. The molecule has 0 bridgehead atoms. The summed E-state index contributed by atoms with van der Waals surface area (Å²) in [7, 11) is 0. The molecule has 0 heterocycles. The minimum Gasteiger partial charge on any atom is -0.330 e. The Labute approximate surface area is 134 Å². The van der Waals surface area contributed by atoms with Crippen molar-refractivity contribution >= 4 is 34.8 Å². The van der Waals surface area contributed by atoms with E-state index in [0.29, 0.717) is 22.5 Å². The fraction of sp³-hybridized carbons (Fsp3) is 0.250. The van der Waals surface area contributed by atoms with Crippen LogP contribution < -0.4 is 5.73 Å². The quantitative estimate of drug-likeness (QED) is 0.820. The predicted octanol–water partition coefficient (Wildman–Crippen LogP) is 5.01. The number of hydrogen-bond donors (Lipinski definition) is 1.